The minimum absolute atomic E-state index is 0.186. The number of nitrogens with zero attached hydrogens (tertiary/aromatic N) is 4. The van der Waals surface area contributed by atoms with Gasteiger partial charge in [-0.3, -0.25) is 4.79 Å². The molecule has 0 aromatic carbocycles. The Balaban J connectivity index is 1.98. The van der Waals surface area contributed by atoms with Crippen LogP contribution in [0.5, 0.6) is 0 Å². The predicted molar refractivity (Wildman–Crippen MR) is 75.0 cm³/mol. The Kier molecular flexibility index (Phi) is 3.06. The van der Waals surface area contributed by atoms with Gasteiger partial charge in [0.15, 0.2) is 0 Å². The van der Waals surface area contributed by atoms with Crippen LogP contribution >= 0.6 is 0 Å². The number of H-pyrrole nitrogens is 1. The molecule has 0 bridgehead atoms. The highest BCUT2D eigenvalue weighted by molar-refractivity contribution is 5.89. The summed E-state index contributed by atoms with van der Waals surface area (Å²) >= 11 is 0. The van der Waals surface area contributed by atoms with Gasteiger partial charge in [-0.1, -0.05) is 0 Å². The number of aromatic nitrogens is 3. The maximum atomic E-state index is 12.5. The van der Waals surface area contributed by atoms with Gasteiger partial charge in [-0.25, -0.2) is 4.79 Å². The van der Waals surface area contributed by atoms with Gasteiger partial charge in [0.05, 0.1) is 6.20 Å². The van der Waals surface area contributed by atoms with Crippen molar-refractivity contribution in [1.29, 1.82) is 0 Å². The van der Waals surface area contributed by atoms with E-state index in [1.54, 1.807) is 11.1 Å². The first-order chi connectivity index (χ1) is 9.56. The average molecular weight is 275 g/mol. The van der Waals surface area contributed by atoms with E-state index in [-0.39, 0.29) is 11.6 Å². The molecule has 0 spiro atoms. The van der Waals surface area contributed by atoms with Crippen molar-refractivity contribution >= 4 is 17.1 Å². The summed E-state index contributed by atoms with van der Waals surface area (Å²) in [5, 5.41) is 4.93. The summed E-state index contributed by atoms with van der Waals surface area (Å²) < 4.78 is 1.29. The molecule has 20 heavy (non-hydrogen) atoms. The second-order valence-corrected chi connectivity index (χ2v) is 5.21. The zero-order chi connectivity index (χ0) is 14.3. The molecule has 3 rings (SSSR count). The van der Waals surface area contributed by atoms with E-state index in [1.165, 1.54) is 10.7 Å². The lowest BCUT2D eigenvalue weighted by atomic mass is 10.2. The summed E-state index contributed by atoms with van der Waals surface area (Å²) in [5.41, 5.74) is 1.07. The van der Waals surface area contributed by atoms with Crippen molar-refractivity contribution in [2.45, 2.75) is 6.92 Å². The highest BCUT2D eigenvalue weighted by atomic mass is 16.2. The first kappa shape index (κ1) is 12.9. The van der Waals surface area contributed by atoms with Crippen LogP contribution in [0.1, 0.15) is 5.56 Å². The SMILES string of the molecule is Cc1cc(=O)[nH]c2c1cnn2C(=O)N1CCN(C)CC1. The number of hydrogen-bond donors (Lipinski definition) is 1. The maximum Gasteiger partial charge on any atom is 0.346 e. The average Bonchev–Trinajstić information content (AvgIpc) is 2.82. The lowest BCUT2D eigenvalue weighted by molar-refractivity contribution is 0.154. The van der Waals surface area contributed by atoms with E-state index < -0.39 is 0 Å². The van der Waals surface area contributed by atoms with Gasteiger partial charge in [0, 0.05) is 37.6 Å². The number of aromatic amines is 1. The van der Waals surface area contributed by atoms with Crippen molar-refractivity contribution < 1.29 is 4.79 Å². The molecule has 106 valence electrons. The number of piperazine rings is 1. The number of aryl methyl sites for hydroxylation is 1. The van der Waals surface area contributed by atoms with E-state index in [4.69, 9.17) is 0 Å². The molecule has 0 aliphatic carbocycles. The quantitative estimate of drug-likeness (QED) is 0.748. The second-order valence-electron chi connectivity index (χ2n) is 5.21. The van der Waals surface area contributed by atoms with E-state index >= 15 is 0 Å². The van der Waals surface area contributed by atoms with Crippen LogP contribution in [0, 0.1) is 6.92 Å². The van der Waals surface area contributed by atoms with Crippen LogP contribution < -0.4 is 5.56 Å². The first-order valence-corrected chi connectivity index (χ1v) is 6.62. The summed E-state index contributed by atoms with van der Waals surface area (Å²) in [4.78, 5) is 30.7. The molecule has 1 saturated heterocycles. The Bertz CT molecular complexity index is 709. The lowest BCUT2D eigenvalue weighted by Gasteiger charge is -2.31. The molecule has 1 aliphatic rings. The molecular formula is C13H17N5O2. The van der Waals surface area contributed by atoms with E-state index in [9.17, 15) is 9.59 Å². The zero-order valence-corrected chi connectivity index (χ0v) is 11.6. The highest BCUT2D eigenvalue weighted by Crippen LogP contribution is 2.14. The van der Waals surface area contributed by atoms with Gasteiger partial charge in [0.1, 0.15) is 5.65 Å². The number of nitrogens with one attached hydrogen (secondary N) is 1. The Hall–Kier alpha value is -2.15. The summed E-state index contributed by atoms with van der Waals surface area (Å²) in [6.07, 6.45) is 1.62. The smallest absolute Gasteiger partial charge is 0.320 e. The van der Waals surface area contributed by atoms with Crippen molar-refractivity contribution in [2.75, 3.05) is 33.2 Å². The van der Waals surface area contributed by atoms with Gasteiger partial charge < -0.3 is 14.8 Å². The third-order valence-electron chi connectivity index (χ3n) is 3.74. The molecule has 7 nitrogen and oxygen atoms in total. The van der Waals surface area contributed by atoms with Crippen molar-refractivity contribution in [3.05, 3.63) is 28.2 Å². The Morgan fingerprint density at radius 2 is 2.00 bits per heavy atom. The van der Waals surface area contributed by atoms with E-state index in [2.05, 4.69) is 15.0 Å². The Morgan fingerprint density at radius 3 is 2.70 bits per heavy atom. The van der Waals surface area contributed by atoms with E-state index in [0.717, 1.165) is 24.0 Å². The van der Waals surface area contributed by atoms with Crippen LogP contribution in [0.25, 0.3) is 11.0 Å². The minimum Gasteiger partial charge on any atom is -0.320 e. The molecule has 0 unspecified atom stereocenters. The van der Waals surface area contributed by atoms with Crippen LogP contribution in [0.4, 0.5) is 4.79 Å². The highest BCUT2D eigenvalue weighted by Gasteiger charge is 2.22. The number of fused-ring (bicyclic) bond motifs is 1. The van der Waals surface area contributed by atoms with Crippen molar-refractivity contribution in [2.24, 2.45) is 0 Å². The van der Waals surface area contributed by atoms with E-state index in [1.807, 2.05) is 14.0 Å². The number of likely N-dealkylation sites (N-methyl/N-ethyl adjacent to an activating group) is 1. The first-order valence-electron chi connectivity index (χ1n) is 6.62. The molecule has 3 heterocycles. The van der Waals surface area contributed by atoms with Crippen LogP contribution in [-0.4, -0.2) is 63.8 Å². The number of amides is 1. The number of carbonyl (C=O) groups excluding carboxylic acids is 1. The van der Waals surface area contributed by atoms with E-state index in [0.29, 0.717) is 18.7 Å². The van der Waals surface area contributed by atoms with Crippen LogP contribution in [0.15, 0.2) is 17.1 Å². The summed E-state index contributed by atoms with van der Waals surface area (Å²) in [6, 6.07) is 1.32. The van der Waals surface area contributed by atoms with Gasteiger partial charge in [-0.15, -0.1) is 0 Å². The largest absolute Gasteiger partial charge is 0.346 e. The minimum atomic E-state index is -0.220. The van der Waals surface area contributed by atoms with Gasteiger partial charge >= 0.3 is 6.03 Å². The normalized spacial score (nSPS) is 16.8. The summed E-state index contributed by atoms with van der Waals surface area (Å²) in [6.45, 7) is 4.88. The van der Waals surface area contributed by atoms with Gasteiger partial charge in [0.25, 0.3) is 0 Å². The molecule has 7 heteroatoms. The van der Waals surface area contributed by atoms with Crippen LogP contribution in [0.2, 0.25) is 0 Å². The number of pyridine rings is 1. The standard InChI is InChI=1S/C13H17N5O2/c1-9-7-11(19)15-12-10(9)8-14-18(12)13(20)17-5-3-16(2)4-6-17/h7-8H,3-6H2,1-2H3,(H,15,19). The fourth-order valence-corrected chi connectivity index (χ4v) is 2.46. The lowest BCUT2D eigenvalue weighted by Crippen LogP contribution is -2.48. The molecule has 1 aliphatic heterocycles. The molecule has 2 aromatic rings. The van der Waals surface area contributed by atoms with Crippen molar-refractivity contribution in [1.82, 2.24) is 24.6 Å². The molecule has 1 N–H and O–H groups in total. The molecule has 0 atom stereocenters. The third kappa shape index (κ3) is 2.09. The predicted octanol–water partition coefficient (Wildman–Crippen LogP) is 0.249. The number of hydrogen-bond acceptors (Lipinski definition) is 4. The van der Waals surface area contributed by atoms with Crippen molar-refractivity contribution in [3.8, 4) is 0 Å². The van der Waals surface area contributed by atoms with Crippen molar-refractivity contribution in [3.63, 3.8) is 0 Å². The summed E-state index contributed by atoms with van der Waals surface area (Å²) in [7, 11) is 2.03. The monoisotopic (exact) mass is 275 g/mol. The van der Waals surface area contributed by atoms with Crippen LogP contribution in [-0.2, 0) is 0 Å². The fraction of sp³-hybridized carbons (Fsp3) is 0.462. The molecule has 0 saturated carbocycles. The molecule has 1 amide bonds. The number of rotatable bonds is 0. The fourth-order valence-electron chi connectivity index (χ4n) is 2.46. The third-order valence-corrected chi connectivity index (χ3v) is 3.74. The molecule has 1 fully saturated rings. The Morgan fingerprint density at radius 1 is 1.30 bits per heavy atom. The molecule has 0 radical (unpaired) electrons. The van der Waals surface area contributed by atoms with Gasteiger partial charge in [0.2, 0.25) is 5.56 Å². The molecule has 2 aromatic heterocycles. The Labute approximate surface area is 115 Å². The zero-order valence-electron chi connectivity index (χ0n) is 11.6. The van der Waals surface area contributed by atoms with Gasteiger partial charge in [-0.05, 0) is 19.5 Å². The second kappa shape index (κ2) is 4.75. The van der Waals surface area contributed by atoms with Crippen LogP contribution in [0.3, 0.4) is 0 Å². The number of carbonyl (C=O) groups is 1. The molecular weight excluding hydrogens is 258 g/mol. The topological polar surface area (TPSA) is 74.2 Å². The van der Waals surface area contributed by atoms with Gasteiger partial charge in [-0.2, -0.15) is 9.78 Å². The summed E-state index contributed by atoms with van der Waals surface area (Å²) in [5.74, 6) is 0. The maximum absolute atomic E-state index is 12.5.